The second-order valence-electron chi connectivity index (χ2n) is 5.31. The summed E-state index contributed by atoms with van der Waals surface area (Å²) in [6.45, 7) is 1.27. The standard InChI is InChI=1S/C15H19ClN2O6S/c1-23-15(20)11-2-3-12(16)13(10-11)17-14(19)4-9-25(21,22)18-5-7-24-8-6-18/h2-3,10H,4-9H2,1H3,(H,17,19). The Balaban J connectivity index is 1.97. The van der Waals surface area contributed by atoms with Crippen LogP contribution in [0, 0.1) is 0 Å². The Morgan fingerprint density at radius 3 is 2.64 bits per heavy atom. The molecule has 1 heterocycles. The maximum atomic E-state index is 12.2. The zero-order chi connectivity index (χ0) is 18.4. The first-order valence-corrected chi connectivity index (χ1v) is 9.55. The predicted octanol–water partition coefficient (Wildman–Crippen LogP) is 1.12. The summed E-state index contributed by atoms with van der Waals surface area (Å²) in [7, 11) is -2.28. The highest BCUT2D eigenvalue weighted by Gasteiger charge is 2.25. The van der Waals surface area contributed by atoms with Crippen molar-refractivity contribution in [1.29, 1.82) is 0 Å². The molecule has 25 heavy (non-hydrogen) atoms. The maximum absolute atomic E-state index is 12.2. The number of nitrogens with one attached hydrogen (secondary N) is 1. The van der Waals surface area contributed by atoms with Crippen molar-refractivity contribution in [3.63, 3.8) is 0 Å². The zero-order valence-corrected chi connectivity index (χ0v) is 15.2. The second kappa shape index (κ2) is 8.61. The van der Waals surface area contributed by atoms with Crippen LogP contribution in [0.25, 0.3) is 0 Å². The highest BCUT2D eigenvalue weighted by atomic mass is 35.5. The monoisotopic (exact) mass is 390 g/mol. The molecule has 0 aromatic heterocycles. The van der Waals surface area contributed by atoms with E-state index in [9.17, 15) is 18.0 Å². The number of hydrogen-bond donors (Lipinski definition) is 1. The van der Waals surface area contributed by atoms with Gasteiger partial charge in [-0.3, -0.25) is 4.79 Å². The number of nitrogens with zero attached hydrogens (tertiary/aromatic N) is 1. The van der Waals surface area contributed by atoms with Crippen molar-refractivity contribution < 1.29 is 27.5 Å². The van der Waals surface area contributed by atoms with Gasteiger partial charge in [0.2, 0.25) is 15.9 Å². The average Bonchev–Trinajstić information content (AvgIpc) is 2.62. The Bertz CT molecular complexity index is 746. The van der Waals surface area contributed by atoms with Gasteiger partial charge in [-0.05, 0) is 18.2 Å². The van der Waals surface area contributed by atoms with Crippen LogP contribution in [0.15, 0.2) is 18.2 Å². The molecule has 1 N–H and O–H groups in total. The number of amides is 1. The Morgan fingerprint density at radius 1 is 1.32 bits per heavy atom. The average molecular weight is 391 g/mol. The topological polar surface area (TPSA) is 102 Å². The van der Waals surface area contributed by atoms with Crippen molar-refractivity contribution in [1.82, 2.24) is 4.31 Å². The van der Waals surface area contributed by atoms with E-state index in [0.717, 1.165) is 0 Å². The van der Waals surface area contributed by atoms with E-state index in [1.54, 1.807) is 0 Å². The number of carbonyl (C=O) groups excluding carboxylic acids is 2. The number of benzene rings is 1. The number of anilines is 1. The number of morpholine rings is 1. The van der Waals surface area contributed by atoms with Gasteiger partial charge in [0.05, 0.1) is 42.3 Å². The molecule has 1 aliphatic heterocycles. The summed E-state index contributed by atoms with van der Waals surface area (Å²) >= 11 is 5.99. The highest BCUT2D eigenvalue weighted by molar-refractivity contribution is 7.89. The molecule has 10 heteroatoms. The third-order valence-electron chi connectivity index (χ3n) is 3.61. The van der Waals surface area contributed by atoms with E-state index in [0.29, 0.717) is 13.2 Å². The molecular weight excluding hydrogens is 372 g/mol. The molecule has 138 valence electrons. The number of rotatable bonds is 6. The Morgan fingerprint density at radius 2 is 2.00 bits per heavy atom. The fraction of sp³-hybridized carbons (Fsp3) is 0.467. The predicted molar refractivity (Wildman–Crippen MR) is 92.2 cm³/mol. The van der Waals surface area contributed by atoms with Gasteiger partial charge in [0, 0.05) is 19.5 Å². The number of carbonyl (C=O) groups is 2. The first-order valence-electron chi connectivity index (χ1n) is 7.57. The van der Waals surface area contributed by atoms with E-state index in [2.05, 4.69) is 10.1 Å². The van der Waals surface area contributed by atoms with E-state index >= 15 is 0 Å². The minimum atomic E-state index is -3.52. The van der Waals surface area contributed by atoms with Crippen LogP contribution >= 0.6 is 11.6 Å². The summed E-state index contributed by atoms with van der Waals surface area (Å²) in [5, 5.41) is 2.75. The number of hydrogen-bond acceptors (Lipinski definition) is 6. The van der Waals surface area contributed by atoms with E-state index in [1.165, 1.54) is 29.6 Å². The number of methoxy groups -OCH3 is 1. The summed E-state index contributed by atoms with van der Waals surface area (Å²) in [6.07, 6.45) is -0.224. The lowest BCUT2D eigenvalue weighted by Gasteiger charge is -2.25. The minimum absolute atomic E-state index is 0.221. The molecule has 0 aliphatic carbocycles. The molecular formula is C15H19ClN2O6S. The van der Waals surface area contributed by atoms with Crippen LogP contribution in [0.3, 0.4) is 0 Å². The molecule has 0 saturated carbocycles. The molecule has 1 fully saturated rings. The van der Waals surface area contributed by atoms with Crippen LogP contribution in [0.2, 0.25) is 5.02 Å². The maximum Gasteiger partial charge on any atom is 0.337 e. The van der Waals surface area contributed by atoms with Crippen molar-refractivity contribution in [3.8, 4) is 0 Å². The molecule has 2 rings (SSSR count). The summed E-state index contributed by atoms with van der Waals surface area (Å²) < 4.78 is 35.4. The molecule has 0 radical (unpaired) electrons. The van der Waals surface area contributed by atoms with Crippen molar-refractivity contribution in [3.05, 3.63) is 28.8 Å². The van der Waals surface area contributed by atoms with Crippen LogP contribution in [0.5, 0.6) is 0 Å². The lowest BCUT2D eigenvalue weighted by Crippen LogP contribution is -2.42. The summed E-state index contributed by atoms with van der Waals surface area (Å²) in [5.74, 6) is -1.39. The molecule has 0 unspecified atom stereocenters. The molecule has 0 atom stereocenters. The number of sulfonamides is 1. The van der Waals surface area contributed by atoms with Gasteiger partial charge in [-0.15, -0.1) is 0 Å². The molecule has 8 nitrogen and oxygen atoms in total. The number of ether oxygens (including phenoxy) is 2. The lowest BCUT2D eigenvalue weighted by atomic mass is 10.2. The van der Waals surface area contributed by atoms with Gasteiger partial charge in [0.1, 0.15) is 0 Å². The van der Waals surface area contributed by atoms with Crippen molar-refractivity contribution >= 4 is 39.2 Å². The van der Waals surface area contributed by atoms with Crippen molar-refractivity contribution in [2.24, 2.45) is 0 Å². The molecule has 1 saturated heterocycles. The van der Waals surface area contributed by atoms with Gasteiger partial charge in [-0.1, -0.05) is 11.6 Å². The van der Waals surface area contributed by atoms with Gasteiger partial charge in [-0.2, -0.15) is 4.31 Å². The summed E-state index contributed by atoms with van der Waals surface area (Å²) in [5.41, 5.74) is 0.446. The first-order chi connectivity index (χ1) is 11.8. The minimum Gasteiger partial charge on any atom is -0.465 e. The summed E-state index contributed by atoms with van der Waals surface area (Å²) in [4.78, 5) is 23.6. The summed E-state index contributed by atoms with van der Waals surface area (Å²) in [6, 6.07) is 4.29. The van der Waals surface area contributed by atoms with Gasteiger partial charge >= 0.3 is 5.97 Å². The third kappa shape index (κ3) is 5.40. The van der Waals surface area contributed by atoms with Crippen LogP contribution in [-0.2, 0) is 24.3 Å². The smallest absolute Gasteiger partial charge is 0.337 e. The Kier molecular flexibility index (Phi) is 6.77. The zero-order valence-electron chi connectivity index (χ0n) is 13.7. The molecule has 0 spiro atoms. The highest BCUT2D eigenvalue weighted by Crippen LogP contribution is 2.23. The van der Waals surface area contributed by atoms with Crippen molar-refractivity contribution in [2.45, 2.75) is 6.42 Å². The fourth-order valence-electron chi connectivity index (χ4n) is 2.25. The lowest BCUT2D eigenvalue weighted by molar-refractivity contribution is -0.115. The van der Waals surface area contributed by atoms with E-state index in [4.69, 9.17) is 16.3 Å². The molecule has 1 amide bonds. The van der Waals surface area contributed by atoms with Crippen LogP contribution < -0.4 is 5.32 Å². The van der Waals surface area contributed by atoms with Gasteiger partial charge < -0.3 is 14.8 Å². The van der Waals surface area contributed by atoms with Crippen LogP contribution in [-0.4, -0.2) is 63.8 Å². The molecule has 1 aromatic rings. The Hall–Kier alpha value is -1.68. The third-order valence-corrected chi connectivity index (χ3v) is 5.81. The SMILES string of the molecule is COC(=O)c1ccc(Cl)c(NC(=O)CCS(=O)(=O)N2CCOCC2)c1. The Labute approximate surface area is 151 Å². The molecule has 1 aromatic carbocycles. The number of esters is 1. The van der Waals surface area contributed by atoms with E-state index in [1.807, 2.05) is 0 Å². The van der Waals surface area contributed by atoms with Crippen molar-refractivity contribution in [2.75, 3.05) is 44.5 Å². The fourth-order valence-corrected chi connectivity index (χ4v) is 3.83. The first kappa shape index (κ1) is 19.6. The normalized spacial score (nSPS) is 15.6. The van der Waals surface area contributed by atoms with Crippen LogP contribution in [0.4, 0.5) is 5.69 Å². The second-order valence-corrected chi connectivity index (χ2v) is 7.81. The molecule has 0 bridgehead atoms. The molecule has 1 aliphatic rings. The van der Waals surface area contributed by atoms with Gasteiger partial charge in [0.25, 0.3) is 0 Å². The quantitative estimate of drug-likeness (QED) is 0.730. The van der Waals surface area contributed by atoms with Crippen LogP contribution in [0.1, 0.15) is 16.8 Å². The van der Waals surface area contributed by atoms with E-state index in [-0.39, 0.29) is 41.5 Å². The van der Waals surface area contributed by atoms with Gasteiger partial charge in [0.15, 0.2) is 0 Å². The number of halogens is 1. The largest absolute Gasteiger partial charge is 0.465 e. The van der Waals surface area contributed by atoms with Gasteiger partial charge in [-0.25, -0.2) is 13.2 Å². The van der Waals surface area contributed by atoms with E-state index < -0.39 is 21.9 Å².